The monoisotopic (exact) mass is 294 g/mol. The number of halogens is 2. The highest BCUT2D eigenvalue weighted by Crippen LogP contribution is 2.28. The first-order valence-electron chi connectivity index (χ1n) is 5.20. The highest BCUT2D eigenvalue weighted by Gasteiger charge is 2.11. The molecule has 1 aromatic heterocycles. The number of ether oxygens (including phenoxy) is 2. The second-order valence-electron chi connectivity index (χ2n) is 3.49. The maximum absolute atomic E-state index is 6.01. The van der Waals surface area contributed by atoms with Crippen LogP contribution in [0.2, 0.25) is 10.0 Å². The van der Waals surface area contributed by atoms with Crippen molar-refractivity contribution in [1.29, 1.82) is 0 Å². The minimum Gasteiger partial charge on any atom is -0.382 e. The number of hydrogen-bond donors (Lipinski definition) is 3. The van der Waals surface area contributed by atoms with Crippen LogP contribution in [0.1, 0.15) is 0 Å². The molecule has 0 saturated carbocycles. The summed E-state index contributed by atoms with van der Waals surface area (Å²) in [5, 5.41) is 3.81. The molecule has 0 amide bonds. The van der Waals surface area contributed by atoms with Crippen LogP contribution in [0.25, 0.3) is 0 Å². The minimum atomic E-state index is -0.0992. The fourth-order valence-corrected chi connectivity index (χ4v) is 1.78. The molecular formula is C10H16Cl2N4O2. The molecule has 4 N–H and O–H groups in total. The molecule has 102 valence electrons. The molecule has 6 nitrogen and oxygen atoms in total. The molecule has 1 rings (SSSR count). The van der Waals surface area contributed by atoms with Crippen LogP contribution < -0.4 is 16.6 Å². The average molecular weight is 295 g/mol. The first-order chi connectivity index (χ1) is 8.62. The third-order valence-corrected chi connectivity index (χ3v) is 2.83. The van der Waals surface area contributed by atoms with Gasteiger partial charge in [0, 0.05) is 20.8 Å². The largest absolute Gasteiger partial charge is 0.382 e. The quantitative estimate of drug-likeness (QED) is 0.525. The van der Waals surface area contributed by atoms with Gasteiger partial charge in [0.1, 0.15) is 5.82 Å². The predicted molar refractivity (Wildman–Crippen MR) is 73.2 cm³/mol. The second kappa shape index (κ2) is 7.60. The van der Waals surface area contributed by atoms with Gasteiger partial charge < -0.3 is 20.2 Å². The van der Waals surface area contributed by atoms with Crippen molar-refractivity contribution in [3.8, 4) is 0 Å². The van der Waals surface area contributed by atoms with Crippen LogP contribution in [0.15, 0.2) is 6.07 Å². The van der Waals surface area contributed by atoms with Gasteiger partial charge in [0.2, 0.25) is 0 Å². The fourth-order valence-electron chi connectivity index (χ4n) is 1.30. The minimum absolute atomic E-state index is 0.0992. The number of pyridine rings is 1. The van der Waals surface area contributed by atoms with Gasteiger partial charge in [-0.3, -0.25) is 0 Å². The van der Waals surface area contributed by atoms with Crippen molar-refractivity contribution in [2.24, 2.45) is 5.84 Å². The first-order valence-corrected chi connectivity index (χ1v) is 5.96. The zero-order chi connectivity index (χ0) is 13.5. The lowest BCUT2D eigenvalue weighted by atomic mass is 10.3. The van der Waals surface area contributed by atoms with Crippen molar-refractivity contribution in [1.82, 2.24) is 4.98 Å². The molecule has 0 aromatic carbocycles. The van der Waals surface area contributed by atoms with Crippen molar-refractivity contribution < 1.29 is 9.47 Å². The number of anilines is 2. The average Bonchev–Trinajstić information content (AvgIpc) is 2.36. The molecule has 1 unspecified atom stereocenters. The molecule has 18 heavy (non-hydrogen) atoms. The molecule has 1 aromatic rings. The van der Waals surface area contributed by atoms with Crippen LogP contribution in [0, 0.1) is 0 Å². The number of rotatable bonds is 7. The van der Waals surface area contributed by atoms with Gasteiger partial charge in [0.05, 0.1) is 22.8 Å². The van der Waals surface area contributed by atoms with Crippen molar-refractivity contribution >= 4 is 34.8 Å². The van der Waals surface area contributed by atoms with E-state index in [2.05, 4.69) is 15.7 Å². The zero-order valence-electron chi connectivity index (χ0n) is 10.2. The van der Waals surface area contributed by atoms with E-state index in [1.165, 1.54) is 0 Å². The summed E-state index contributed by atoms with van der Waals surface area (Å²) < 4.78 is 10.2. The lowest BCUT2D eigenvalue weighted by Crippen LogP contribution is -2.27. The maximum Gasteiger partial charge on any atom is 0.161 e. The van der Waals surface area contributed by atoms with Crippen LogP contribution in [0.5, 0.6) is 0 Å². The van der Waals surface area contributed by atoms with Crippen LogP contribution >= 0.6 is 23.2 Å². The maximum atomic E-state index is 6.01. The van der Waals surface area contributed by atoms with E-state index in [0.717, 1.165) is 0 Å². The number of nitrogens with zero attached hydrogens (tertiary/aromatic N) is 1. The van der Waals surface area contributed by atoms with Gasteiger partial charge in [-0.2, -0.15) is 0 Å². The molecule has 0 aliphatic carbocycles. The lowest BCUT2D eigenvalue weighted by Gasteiger charge is -2.16. The Labute approximate surface area is 116 Å². The molecule has 1 heterocycles. The summed E-state index contributed by atoms with van der Waals surface area (Å²) in [5.41, 5.74) is 2.39. The Morgan fingerprint density at radius 1 is 1.33 bits per heavy atom. The lowest BCUT2D eigenvalue weighted by molar-refractivity contribution is 0.0365. The van der Waals surface area contributed by atoms with E-state index >= 15 is 0 Å². The summed E-state index contributed by atoms with van der Waals surface area (Å²) in [5.74, 6) is 6.12. The fraction of sp³-hybridized carbons (Fsp3) is 0.500. The van der Waals surface area contributed by atoms with E-state index in [-0.39, 0.29) is 6.10 Å². The Bertz CT molecular complexity index is 392. The van der Waals surface area contributed by atoms with E-state index in [1.807, 2.05) is 0 Å². The molecule has 0 aliphatic rings. The normalized spacial score (nSPS) is 12.3. The topological polar surface area (TPSA) is 81.4 Å². The van der Waals surface area contributed by atoms with E-state index < -0.39 is 0 Å². The van der Waals surface area contributed by atoms with E-state index in [1.54, 1.807) is 20.3 Å². The Kier molecular flexibility index (Phi) is 6.45. The first kappa shape index (κ1) is 15.3. The number of aromatic nitrogens is 1. The summed E-state index contributed by atoms with van der Waals surface area (Å²) in [4.78, 5) is 4.15. The second-order valence-corrected chi connectivity index (χ2v) is 4.30. The van der Waals surface area contributed by atoms with Crippen molar-refractivity contribution in [2.75, 3.05) is 38.1 Å². The highest BCUT2D eigenvalue weighted by molar-refractivity contribution is 6.37. The molecule has 0 fully saturated rings. The van der Waals surface area contributed by atoms with Gasteiger partial charge in [0.25, 0.3) is 0 Å². The van der Waals surface area contributed by atoms with Crippen molar-refractivity contribution in [2.45, 2.75) is 6.10 Å². The van der Waals surface area contributed by atoms with E-state index in [4.69, 9.17) is 38.5 Å². The van der Waals surface area contributed by atoms with Crippen LogP contribution in [-0.4, -0.2) is 38.5 Å². The van der Waals surface area contributed by atoms with Gasteiger partial charge in [0.15, 0.2) is 5.82 Å². The molecule has 0 saturated heterocycles. The highest BCUT2D eigenvalue weighted by atomic mass is 35.5. The van der Waals surface area contributed by atoms with Gasteiger partial charge in [-0.25, -0.2) is 10.8 Å². The number of nitrogens with two attached hydrogens (primary N) is 1. The number of hydrazine groups is 1. The zero-order valence-corrected chi connectivity index (χ0v) is 11.7. The Morgan fingerprint density at radius 3 is 2.56 bits per heavy atom. The number of hydrogen-bond acceptors (Lipinski definition) is 6. The molecule has 0 radical (unpaired) electrons. The third kappa shape index (κ3) is 4.15. The summed E-state index contributed by atoms with van der Waals surface area (Å²) in [7, 11) is 3.21. The molecule has 1 atom stereocenters. The Morgan fingerprint density at radius 2 is 2.00 bits per heavy atom. The van der Waals surface area contributed by atoms with E-state index in [0.29, 0.717) is 34.8 Å². The van der Waals surface area contributed by atoms with Crippen LogP contribution in [0.4, 0.5) is 11.6 Å². The third-order valence-electron chi connectivity index (χ3n) is 2.25. The van der Waals surface area contributed by atoms with Gasteiger partial charge in [-0.05, 0) is 6.07 Å². The summed E-state index contributed by atoms with van der Waals surface area (Å²) in [6.07, 6.45) is -0.0992. The predicted octanol–water partition coefficient (Wildman–Crippen LogP) is 1.75. The van der Waals surface area contributed by atoms with E-state index in [9.17, 15) is 0 Å². The summed E-state index contributed by atoms with van der Waals surface area (Å²) >= 11 is 11.9. The van der Waals surface area contributed by atoms with Crippen molar-refractivity contribution in [3.05, 3.63) is 16.1 Å². The molecule has 0 bridgehead atoms. The van der Waals surface area contributed by atoms with Crippen LogP contribution in [0.3, 0.4) is 0 Å². The van der Waals surface area contributed by atoms with Crippen molar-refractivity contribution in [3.63, 3.8) is 0 Å². The van der Waals surface area contributed by atoms with Gasteiger partial charge in [-0.1, -0.05) is 23.2 Å². The smallest absolute Gasteiger partial charge is 0.161 e. The van der Waals surface area contributed by atoms with Gasteiger partial charge in [-0.15, -0.1) is 0 Å². The molecular weight excluding hydrogens is 279 g/mol. The standard InChI is InChI=1S/C10H16Cl2N4O2/c1-17-5-6(18-2)4-14-9-7(11)3-8(12)10(15-9)16-13/h3,6H,4-5,13H2,1-2H3,(H2,14,15,16). The Hall–Kier alpha value is -0.790. The Balaban J connectivity index is 2.72. The number of methoxy groups -OCH3 is 2. The summed E-state index contributed by atoms with van der Waals surface area (Å²) in [6, 6.07) is 1.56. The molecule has 0 aliphatic heterocycles. The summed E-state index contributed by atoms with van der Waals surface area (Å²) in [6.45, 7) is 0.972. The van der Waals surface area contributed by atoms with Gasteiger partial charge >= 0.3 is 0 Å². The molecule has 8 heteroatoms. The number of nitrogens with one attached hydrogen (secondary N) is 2. The number of nitrogen functional groups attached to an aromatic ring is 1. The molecule has 0 spiro atoms. The van der Waals surface area contributed by atoms with Crippen LogP contribution in [-0.2, 0) is 9.47 Å². The SMILES string of the molecule is COCC(CNc1nc(NN)c(Cl)cc1Cl)OC.